The number of rotatable bonds is 6. The van der Waals surface area contributed by atoms with Crippen LogP contribution in [0.2, 0.25) is 0 Å². The second-order valence-corrected chi connectivity index (χ2v) is 7.25. The van der Waals surface area contributed by atoms with Crippen molar-refractivity contribution in [2.24, 2.45) is 0 Å². The number of hydrogen-bond donors (Lipinski definition) is 0. The molecular weight excluding hydrogens is 326 g/mol. The van der Waals surface area contributed by atoms with E-state index in [9.17, 15) is 0 Å². The van der Waals surface area contributed by atoms with Crippen molar-refractivity contribution in [1.82, 2.24) is 4.90 Å². The lowest BCUT2D eigenvalue weighted by atomic mass is 10.0. The van der Waals surface area contributed by atoms with Crippen molar-refractivity contribution in [3.8, 4) is 17.2 Å². The van der Waals surface area contributed by atoms with Gasteiger partial charge in [0.05, 0.1) is 7.11 Å². The van der Waals surface area contributed by atoms with Crippen LogP contribution in [0.3, 0.4) is 0 Å². The molecule has 1 unspecified atom stereocenters. The normalized spacial score (nSPS) is 18.0. The highest BCUT2D eigenvalue weighted by atomic mass is 16.6. The van der Waals surface area contributed by atoms with E-state index in [0.29, 0.717) is 19.1 Å². The average Bonchev–Trinajstić information content (AvgIpc) is 3.09. The molecule has 2 aromatic rings. The van der Waals surface area contributed by atoms with E-state index in [0.717, 1.165) is 43.2 Å². The monoisotopic (exact) mass is 353 g/mol. The fourth-order valence-corrected chi connectivity index (χ4v) is 4.12. The summed E-state index contributed by atoms with van der Waals surface area (Å²) < 4.78 is 16.8. The van der Waals surface area contributed by atoms with Crippen LogP contribution in [0.1, 0.15) is 29.0 Å². The molecule has 1 aliphatic carbocycles. The Kier molecular flexibility index (Phi) is 5.02. The maximum Gasteiger partial charge on any atom is 0.161 e. The summed E-state index contributed by atoms with van der Waals surface area (Å²) in [6, 6.07) is 12.8. The van der Waals surface area contributed by atoms with Gasteiger partial charge >= 0.3 is 0 Å². The van der Waals surface area contributed by atoms with Crippen LogP contribution in [0.4, 0.5) is 0 Å². The van der Waals surface area contributed by atoms with Crippen LogP contribution in [0, 0.1) is 0 Å². The molecule has 0 aromatic heterocycles. The van der Waals surface area contributed by atoms with Gasteiger partial charge in [-0.25, -0.2) is 0 Å². The van der Waals surface area contributed by atoms with E-state index >= 15 is 0 Å². The minimum absolute atomic E-state index is 0.602. The molecule has 26 heavy (non-hydrogen) atoms. The van der Waals surface area contributed by atoms with Gasteiger partial charge < -0.3 is 19.1 Å². The van der Waals surface area contributed by atoms with Crippen molar-refractivity contribution in [2.45, 2.75) is 25.2 Å². The molecule has 0 N–H and O–H groups in total. The second-order valence-electron chi connectivity index (χ2n) is 7.25. The van der Waals surface area contributed by atoms with Gasteiger partial charge in [0.15, 0.2) is 11.5 Å². The first-order valence-electron chi connectivity index (χ1n) is 9.47. The third kappa shape index (κ3) is 3.51. The lowest BCUT2D eigenvalue weighted by molar-refractivity contribution is 0.171. The molecule has 0 bridgehead atoms. The van der Waals surface area contributed by atoms with Crippen molar-refractivity contribution in [3.63, 3.8) is 0 Å². The number of hydrogen-bond acceptors (Lipinski definition) is 4. The smallest absolute Gasteiger partial charge is 0.161 e. The van der Waals surface area contributed by atoms with Crippen LogP contribution >= 0.6 is 0 Å². The minimum atomic E-state index is 0.602. The Balaban J connectivity index is 1.35. The molecule has 0 radical (unpaired) electrons. The Morgan fingerprint density at radius 2 is 1.96 bits per heavy atom. The van der Waals surface area contributed by atoms with Gasteiger partial charge in [-0.05, 0) is 67.1 Å². The number of methoxy groups -OCH3 is 1. The summed E-state index contributed by atoms with van der Waals surface area (Å²) in [7, 11) is 3.98. The van der Waals surface area contributed by atoms with Crippen molar-refractivity contribution < 1.29 is 14.2 Å². The number of fused-ring (bicyclic) bond motifs is 2. The van der Waals surface area contributed by atoms with Crippen LogP contribution in [-0.4, -0.2) is 45.4 Å². The minimum Gasteiger partial charge on any atom is -0.496 e. The van der Waals surface area contributed by atoms with E-state index in [4.69, 9.17) is 14.2 Å². The highest BCUT2D eigenvalue weighted by molar-refractivity contribution is 5.46. The third-order valence-corrected chi connectivity index (χ3v) is 5.49. The number of ether oxygens (including phenoxy) is 3. The molecule has 0 fully saturated rings. The topological polar surface area (TPSA) is 30.9 Å². The molecule has 4 rings (SSSR count). The van der Waals surface area contributed by atoms with E-state index in [1.54, 1.807) is 7.11 Å². The molecule has 4 nitrogen and oxygen atoms in total. The SMILES string of the molecule is COc1cccc2c1CCC2CN(C)CCc1ccc2c(c1)OCCO2. The predicted octanol–water partition coefficient (Wildman–Crippen LogP) is 3.67. The molecule has 0 spiro atoms. The van der Waals surface area contributed by atoms with Crippen molar-refractivity contribution in [2.75, 3.05) is 40.5 Å². The first kappa shape index (κ1) is 17.2. The molecule has 2 aliphatic rings. The zero-order chi connectivity index (χ0) is 17.9. The standard InChI is InChI=1S/C22H27NO3/c1-23(11-10-16-6-9-21-22(14-16)26-13-12-25-21)15-17-7-8-19-18(17)4-3-5-20(19)24-2/h3-6,9,14,17H,7-8,10-13,15H2,1-2H3. The van der Waals surface area contributed by atoms with Crippen LogP contribution in [0.5, 0.6) is 17.2 Å². The molecule has 2 aromatic carbocycles. The van der Waals surface area contributed by atoms with Crippen LogP contribution < -0.4 is 14.2 Å². The van der Waals surface area contributed by atoms with Gasteiger partial charge in [-0.3, -0.25) is 0 Å². The Morgan fingerprint density at radius 3 is 2.81 bits per heavy atom. The largest absolute Gasteiger partial charge is 0.496 e. The number of likely N-dealkylation sites (N-methyl/N-ethyl adjacent to an activating group) is 1. The fourth-order valence-electron chi connectivity index (χ4n) is 4.12. The van der Waals surface area contributed by atoms with E-state index < -0.39 is 0 Å². The Morgan fingerprint density at radius 1 is 1.12 bits per heavy atom. The van der Waals surface area contributed by atoms with E-state index in [-0.39, 0.29) is 0 Å². The lowest BCUT2D eigenvalue weighted by Crippen LogP contribution is -2.26. The third-order valence-electron chi connectivity index (χ3n) is 5.49. The number of benzene rings is 2. The van der Waals surface area contributed by atoms with Gasteiger partial charge in [-0.2, -0.15) is 0 Å². The summed E-state index contributed by atoms with van der Waals surface area (Å²) in [5, 5.41) is 0. The van der Waals surface area contributed by atoms with Gasteiger partial charge in [0.1, 0.15) is 19.0 Å². The van der Waals surface area contributed by atoms with Crippen molar-refractivity contribution in [1.29, 1.82) is 0 Å². The van der Waals surface area contributed by atoms with Gasteiger partial charge in [-0.15, -0.1) is 0 Å². The quantitative estimate of drug-likeness (QED) is 0.793. The second kappa shape index (κ2) is 7.58. The van der Waals surface area contributed by atoms with E-state index in [1.807, 2.05) is 6.07 Å². The van der Waals surface area contributed by atoms with E-state index in [2.05, 4.69) is 42.3 Å². The Bertz CT molecular complexity index is 774. The summed E-state index contributed by atoms with van der Waals surface area (Å²) in [6.07, 6.45) is 3.36. The molecule has 138 valence electrons. The first-order chi connectivity index (χ1) is 12.7. The van der Waals surface area contributed by atoms with Crippen LogP contribution in [0.25, 0.3) is 0 Å². The molecule has 0 saturated carbocycles. The maximum atomic E-state index is 5.69. The Labute approximate surface area is 155 Å². The molecule has 1 aliphatic heterocycles. The summed E-state index contributed by atoms with van der Waals surface area (Å²) in [5.74, 6) is 3.40. The molecular formula is C22H27NO3. The van der Waals surface area contributed by atoms with Gasteiger partial charge in [-0.1, -0.05) is 18.2 Å². The molecule has 1 atom stereocenters. The summed E-state index contributed by atoms with van der Waals surface area (Å²) in [5.41, 5.74) is 4.17. The summed E-state index contributed by atoms with van der Waals surface area (Å²) >= 11 is 0. The maximum absolute atomic E-state index is 5.69. The van der Waals surface area contributed by atoms with Crippen LogP contribution in [0.15, 0.2) is 36.4 Å². The molecule has 4 heteroatoms. The zero-order valence-corrected chi connectivity index (χ0v) is 15.7. The van der Waals surface area contributed by atoms with E-state index in [1.165, 1.54) is 23.1 Å². The highest BCUT2D eigenvalue weighted by Crippen LogP contribution is 2.38. The summed E-state index contributed by atoms with van der Waals surface area (Å²) in [6.45, 7) is 3.41. The predicted molar refractivity (Wildman–Crippen MR) is 103 cm³/mol. The van der Waals surface area contributed by atoms with Gasteiger partial charge in [0.25, 0.3) is 0 Å². The van der Waals surface area contributed by atoms with Gasteiger partial charge in [0, 0.05) is 13.1 Å². The van der Waals surface area contributed by atoms with Crippen molar-refractivity contribution in [3.05, 3.63) is 53.1 Å². The van der Waals surface area contributed by atoms with Crippen molar-refractivity contribution >= 4 is 0 Å². The summed E-state index contributed by atoms with van der Waals surface area (Å²) in [4.78, 5) is 2.44. The fraction of sp³-hybridized carbons (Fsp3) is 0.455. The van der Waals surface area contributed by atoms with Gasteiger partial charge in [0.2, 0.25) is 0 Å². The zero-order valence-electron chi connectivity index (χ0n) is 15.7. The Hall–Kier alpha value is -2.20. The molecule has 0 amide bonds. The average molecular weight is 353 g/mol. The first-order valence-corrected chi connectivity index (χ1v) is 9.47. The van der Waals surface area contributed by atoms with Crippen LogP contribution in [-0.2, 0) is 12.8 Å². The molecule has 0 saturated heterocycles. The lowest BCUT2D eigenvalue weighted by Gasteiger charge is -2.22. The molecule has 1 heterocycles. The highest BCUT2D eigenvalue weighted by Gasteiger charge is 2.25. The number of nitrogens with zero attached hydrogens (tertiary/aromatic N) is 1.